The van der Waals surface area contributed by atoms with Crippen LogP contribution in [0.1, 0.15) is 89.1 Å². The molecule has 11 atom stereocenters. The quantitative estimate of drug-likeness (QED) is 0.156. The average molecular weight is 868 g/mol. The molecule has 5 aliphatic heterocycles. The maximum absolute atomic E-state index is 15.4. The third-order valence-corrected chi connectivity index (χ3v) is 17.1. The second-order valence-corrected chi connectivity index (χ2v) is 19.6. The number of ether oxygens (including phenoxy) is 3. The number of carbonyl (C=O) groups excluding carboxylic acids is 3. The number of rotatable bonds is 9. The number of benzene rings is 2. The number of esters is 2. The van der Waals surface area contributed by atoms with Gasteiger partial charge >= 0.3 is 11.9 Å². The predicted molar refractivity (Wildman–Crippen MR) is 238 cm³/mol. The van der Waals surface area contributed by atoms with Crippen molar-refractivity contribution in [3.63, 3.8) is 0 Å². The van der Waals surface area contributed by atoms with Gasteiger partial charge in [0.1, 0.15) is 23.3 Å². The molecule has 6 aliphatic rings. The molecule has 2 bridgehead atoms. The fourth-order valence-electron chi connectivity index (χ4n) is 14.1. The van der Waals surface area contributed by atoms with Crippen molar-refractivity contribution in [1.82, 2.24) is 20.1 Å². The van der Waals surface area contributed by atoms with Crippen LogP contribution in [0.2, 0.25) is 0 Å². The number of H-pyrrole nitrogens is 1. The van der Waals surface area contributed by atoms with Gasteiger partial charge in [0.25, 0.3) is 5.91 Å². The monoisotopic (exact) mass is 867 g/mol. The van der Waals surface area contributed by atoms with E-state index in [1.165, 1.54) is 14.0 Å². The lowest BCUT2D eigenvalue weighted by molar-refractivity contribution is -0.224. The largest absolute Gasteiger partial charge is 0.496 e. The molecule has 63 heavy (non-hydrogen) atoms. The van der Waals surface area contributed by atoms with E-state index in [4.69, 9.17) is 14.2 Å². The molecule has 1 aliphatic carbocycles. The van der Waals surface area contributed by atoms with E-state index in [0.29, 0.717) is 88.2 Å². The molecule has 14 nitrogen and oxygen atoms in total. The van der Waals surface area contributed by atoms with Gasteiger partial charge in [0.2, 0.25) is 0 Å². The molecule has 1 spiro atoms. The van der Waals surface area contributed by atoms with Crippen LogP contribution >= 0.6 is 0 Å². The predicted octanol–water partition coefficient (Wildman–Crippen LogP) is 3.71. The maximum atomic E-state index is 15.4. The van der Waals surface area contributed by atoms with E-state index in [9.17, 15) is 20.1 Å². The number of aliphatic hydroxyl groups is 3. The Bertz CT molecular complexity index is 2380. The highest BCUT2D eigenvalue weighted by atomic mass is 16.5. The smallest absolute Gasteiger partial charge is 0.328 e. The van der Waals surface area contributed by atoms with Crippen LogP contribution in [0.3, 0.4) is 0 Å². The van der Waals surface area contributed by atoms with E-state index in [0.717, 1.165) is 27.7 Å². The summed E-state index contributed by atoms with van der Waals surface area (Å²) in [6, 6.07) is 10.6. The van der Waals surface area contributed by atoms with Crippen molar-refractivity contribution < 1.29 is 43.9 Å². The molecule has 3 aromatic rings. The van der Waals surface area contributed by atoms with Crippen molar-refractivity contribution in [3.8, 4) is 5.75 Å². The number of methoxy groups -OCH3 is 2. The van der Waals surface area contributed by atoms with E-state index in [1.807, 2.05) is 69.1 Å². The molecule has 5 N–H and O–H groups in total. The highest BCUT2D eigenvalue weighted by Gasteiger charge is 2.84. The fraction of sp³-hybridized carbons (Fsp3) is 0.612. The first kappa shape index (κ1) is 43.8. The summed E-state index contributed by atoms with van der Waals surface area (Å²) in [7, 11) is 4.86. The lowest BCUT2D eigenvalue weighted by Gasteiger charge is -2.68. The minimum absolute atomic E-state index is 0.113. The molecule has 1 aromatic heterocycles. The molecule has 3 fully saturated rings. The summed E-state index contributed by atoms with van der Waals surface area (Å²) < 4.78 is 17.6. The molecule has 1 unspecified atom stereocenters. The van der Waals surface area contributed by atoms with Crippen LogP contribution in [0.15, 0.2) is 48.6 Å². The van der Waals surface area contributed by atoms with Crippen molar-refractivity contribution >= 4 is 34.4 Å². The summed E-state index contributed by atoms with van der Waals surface area (Å²) in [6.45, 7) is 12.3. The van der Waals surface area contributed by atoms with Crippen molar-refractivity contribution in [1.29, 1.82) is 0 Å². The zero-order chi connectivity index (χ0) is 45.1. The normalized spacial score (nSPS) is 37.1. The highest BCUT2D eigenvalue weighted by molar-refractivity contribution is 5.96. The van der Waals surface area contributed by atoms with E-state index < -0.39 is 63.0 Å². The summed E-state index contributed by atoms with van der Waals surface area (Å²) in [4.78, 5) is 53.9. The number of fused-ring (bicyclic) bond motifs is 6. The van der Waals surface area contributed by atoms with Gasteiger partial charge in [0.15, 0.2) is 5.60 Å². The van der Waals surface area contributed by atoms with Gasteiger partial charge in [-0.3, -0.25) is 19.4 Å². The van der Waals surface area contributed by atoms with E-state index >= 15 is 9.59 Å². The second kappa shape index (κ2) is 15.0. The minimum atomic E-state index is -2.49. The van der Waals surface area contributed by atoms with Gasteiger partial charge in [-0.25, -0.2) is 4.79 Å². The lowest BCUT2D eigenvalue weighted by atomic mass is 9.42. The van der Waals surface area contributed by atoms with Crippen LogP contribution in [0.5, 0.6) is 5.75 Å². The number of nitrogens with one attached hydrogen (secondary N) is 2. The van der Waals surface area contributed by atoms with Gasteiger partial charge in [0.05, 0.1) is 32.0 Å². The Hall–Kier alpha value is -4.47. The van der Waals surface area contributed by atoms with Crippen LogP contribution in [-0.4, -0.2) is 143 Å². The molecular weight excluding hydrogens is 803 g/mol. The number of carbonyl (C=O) groups is 3. The molecule has 1 saturated carbocycles. The molecular formula is C49H65N5O9. The van der Waals surface area contributed by atoms with Gasteiger partial charge in [-0.2, -0.15) is 0 Å². The lowest BCUT2D eigenvalue weighted by Crippen LogP contribution is -2.87. The van der Waals surface area contributed by atoms with Crippen molar-refractivity contribution in [2.45, 2.75) is 119 Å². The standard InChI is InChI=1S/C49H65N5O9/c1-9-45(59)25-30-26-47(43(58)62-8,38-32(17-21-53(27-30)28-45)31-15-12-13-16-35(31)51-38)34-23-33-36(24-37(34)61-7)52(6)44(5)48(33)19-22-54-20-14-18-46(10-2,40(48)54)41(56)49(44,60)42(57)50-29(4)39(55)63-11-3/h12-16,18,23-24,29-30,40-41,51,56,59-60H,9-11,17,19-22,25-28H2,1-8H3,(H,50,57)/t29-,30-,40-,41+,44+,45-,46+,47-,48+,49-/m0/s1. The molecule has 1 amide bonds. The minimum Gasteiger partial charge on any atom is -0.496 e. The molecule has 14 heteroatoms. The number of aromatic nitrogens is 1. The Labute approximate surface area is 369 Å². The number of para-hydroxylation sites is 1. The molecule has 6 heterocycles. The van der Waals surface area contributed by atoms with Gasteiger partial charge in [0, 0.05) is 84.0 Å². The summed E-state index contributed by atoms with van der Waals surface area (Å²) in [6.07, 6.45) is 5.33. The number of aromatic amines is 1. The van der Waals surface area contributed by atoms with Crippen molar-refractivity contribution in [3.05, 3.63) is 70.9 Å². The maximum Gasteiger partial charge on any atom is 0.328 e. The number of hydrogen-bond donors (Lipinski definition) is 5. The zero-order valence-electron chi connectivity index (χ0n) is 38.0. The van der Waals surface area contributed by atoms with Gasteiger partial charge in [-0.15, -0.1) is 0 Å². The number of anilines is 1. The summed E-state index contributed by atoms with van der Waals surface area (Å²) in [5.41, 5.74) is -3.79. The van der Waals surface area contributed by atoms with Gasteiger partial charge in [-0.1, -0.05) is 44.2 Å². The Balaban J connectivity index is 1.34. The number of piperidine rings is 1. The van der Waals surface area contributed by atoms with Crippen molar-refractivity contribution in [2.24, 2.45) is 11.3 Å². The first-order chi connectivity index (χ1) is 30.0. The molecule has 9 rings (SSSR count). The number of nitrogens with zero attached hydrogens (tertiary/aromatic N) is 3. The van der Waals surface area contributed by atoms with E-state index in [1.54, 1.807) is 14.0 Å². The first-order valence-corrected chi connectivity index (χ1v) is 22.9. The van der Waals surface area contributed by atoms with Gasteiger partial charge in [-0.05, 0) is 95.0 Å². The fourth-order valence-corrected chi connectivity index (χ4v) is 14.1. The Morgan fingerprint density at radius 2 is 1.79 bits per heavy atom. The van der Waals surface area contributed by atoms with Crippen LogP contribution in [-0.2, 0) is 41.1 Å². The Morgan fingerprint density at radius 1 is 1.03 bits per heavy atom. The van der Waals surface area contributed by atoms with E-state index in [2.05, 4.69) is 32.2 Å². The van der Waals surface area contributed by atoms with Crippen LogP contribution in [0.25, 0.3) is 10.9 Å². The SMILES string of the molecule is CCOC(=O)[C@H](C)NC(=O)[C@@]1(O)[C@H](O)[C@]2(CC)C=CCN3CC[C@@]4(c5cc([C@@]6(C(=O)OC)C[C@H]7CN(CCc8c6[nH]c6ccccc86)C[C@](O)(CC)C7)c(OC)cc5N(C)[C@@]14C)[C@@H]32. The van der Waals surface area contributed by atoms with Crippen LogP contribution in [0, 0.1) is 11.3 Å². The van der Waals surface area contributed by atoms with E-state index in [-0.39, 0.29) is 18.6 Å². The number of amides is 1. The highest BCUT2D eigenvalue weighted by Crippen LogP contribution is 2.71. The van der Waals surface area contributed by atoms with Crippen molar-refractivity contribution in [2.75, 3.05) is 65.5 Å². The Kier molecular flexibility index (Phi) is 10.5. The molecule has 2 aromatic carbocycles. The summed E-state index contributed by atoms with van der Waals surface area (Å²) >= 11 is 0. The van der Waals surface area contributed by atoms with Gasteiger partial charge < -0.3 is 44.7 Å². The number of aliphatic hydroxyl groups excluding tert-OH is 1. The first-order valence-electron chi connectivity index (χ1n) is 22.9. The number of hydrogen-bond acceptors (Lipinski definition) is 12. The van der Waals surface area contributed by atoms with Crippen LogP contribution in [0.4, 0.5) is 5.69 Å². The molecule has 0 radical (unpaired) electrons. The Morgan fingerprint density at radius 3 is 2.49 bits per heavy atom. The average Bonchev–Trinajstić information content (AvgIpc) is 3.93. The second-order valence-electron chi connectivity index (χ2n) is 19.6. The summed E-state index contributed by atoms with van der Waals surface area (Å²) in [5, 5.41) is 42.4. The third kappa shape index (κ3) is 5.57. The number of likely N-dealkylation sites (N-methyl/N-ethyl adjacent to an activating group) is 1. The zero-order valence-corrected chi connectivity index (χ0v) is 38.0. The topological polar surface area (TPSA) is 177 Å². The molecule has 2 saturated heterocycles. The summed E-state index contributed by atoms with van der Waals surface area (Å²) in [5.74, 6) is -1.68. The van der Waals surface area contributed by atoms with Crippen LogP contribution < -0.4 is 15.0 Å². The third-order valence-electron chi connectivity index (χ3n) is 17.1. The molecule has 340 valence electrons.